The predicted molar refractivity (Wildman–Crippen MR) is 103 cm³/mol. The fourth-order valence-corrected chi connectivity index (χ4v) is 3.27. The standard InChI is InChI=1S/C19H28N2O3.ClH/c1-12(2)16-7-5-6-13(3)17(16)20-18(22)14(4)21-10-8-15(9-11-21)19(23)24;/h5-7,12,14-15H,8-11H2,1-4H3,(H,20,22)(H,23,24);1H. The molecule has 1 atom stereocenters. The molecule has 1 unspecified atom stereocenters. The van der Waals surface area contributed by atoms with Crippen LogP contribution in [-0.2, 0) is 9.59 Å². The van der Waals surface area contributed by atoms with Crippen LogP contribution in [0, 0.1) is 12.8 Å². The van der Waals surface area contributed by atoms with E-state index in [1.54, 1.807) is 0 Å². The van der Waals surface area contributed by atoms with Gasteiger partial charge in [-0.05, 0) is 56.8 Å². The van der Waals surface area contributed by atoms with E-state index in [2.05, 4.69) is 30.1 Å². The summed E-state index contributed by atoms with van der Waals surface area (Å²) in [7, 11) is 0. The second kappa shape index (κ2) is 9.20. The Morgan fingerprint density at radius 2 is 1.80 bits per heavy atom. The molecule has 2 rings (SSSR count). The number of piperidine rings is 1. The maximum absolute atomic E-state index is 12.7. The molecule has 0 spiro atoms. The van der Waals surface area contributed by atoms with E-state index in [4.69, 9.17) is 5.11 Å². The van der Waals surface area contributed by atoms with Crippen LogP contribution in [-0.4, -0.2) is 41.0 Å². The second-order valence-corrected chi connectivity index (χ2v) is 7.01. The number of carboxylic acids is 1. The van der Waals surface area contributed by atoms with Crippen LogP contribution in [0.1, 0.15) is 50.7 Å². The molecule has 0 saturated carbocycles. The molecule has 0 radical (unpaired) electrons. The van der Waals surface area contributed by atoms with Gasteiger partial charge < -0.3 is 10.4 Å². The van der Waals surface area contributed by atoms with Gasteiger partial charge in [0.1, 0.15) is 0 Å². The molecule has 0 aliphatic carbocycles. The lowest BCUT2D eigenvalue weighted by Gasteiger charge is -2.34. The van der Waals surface area contributed by atoms with Crippen molar-refractivity contribution in [1.82, 2.24) is 4.90 Å². The van der Waals surface area contributed by atoms with E-state index in [0.29, 0.717) is 31.8 Å². The van der Waals surface area contributed by atoms with E-state index in [-0.39, 0.29) is 30.3 Å². The van der Waals surface area contributed by atoms with Crippen molar-refractivity contribution >= 4 is 30.0 Å². The molecule has 25 heavy (non-hydrogen) atoms. The molecule has 1 aliphatic rings. The van der Waals surface area contributed by atoms with E-state index in [1.165, 1.54) is 0 Å². The molecule has 6 heteroatoms. The number of carbonyl (C=O) groups excluding carboxylic acids is 1. The van der Waals surface area contributed by atoms with Crippen LogP contribution in [0.25, 0.3) is 0 Å². The summed E-state index contributed by atoms with van der Waals surface area (Å²) < 4.78 is 0. The van der Waals surface area contributed by atoms with Gasteiger partial charge in [-0.25, -0.2) is 0 Å². The third kappa shape index (κ3) is 5.19. The zero-order valence-corrected chi connectivity index (χ0v) is 16.2. The molecule has 1 amide bonds. The summed E-state index contributed by atoms with van der Waals surface area (Å²) in [5.74, 6) is -0.699. The lowest BCUT2D eigenvalue weighted by atomic mass is 9.95. The van der Waals surface area contributed by atoms with Gasteiger partial charge in [0.2, 0.25) is 5.91 Å². The summed E-state index contributed by atoms with van der Waals surface area (Å²) in [5, 5.41) is 12.2. The maximum atomic E-state index is 12.7. The van der Waals surface area contributed by atoms with Crippen LogP contribution in [0.5, 0.6) is 0 Å². The van der Waals surface area contributed by atoms with Gasteiger partial charge in [0, 0.05) is 5.69 Å². The first kappa shape index (κ1) is 21.5. The fourth-order valence-electron chi connectivity index (χ4n) is 3.27. The van der Waals surface area contributed by atoms with E-state index >= 15 is 0 Å². The summed E-state index contributed by atoms with van der Waals surface area (Å²) in [6.07, 6.45) is 1.21. The number of likely N-dealkylation sites (tertiary alicyclic amines) is 1. The number of para-hydroxylation sites is 1. The molecular formula is C19H29ClN2O3. The van der Waals surface area contributed by atoms with Gasteiger partial charge in [-0.1, -0.05) is 32.0 Å². The highest BCUT2D eigenvalue weighted by Crippen LogP contribution is 2.28. The summed E-state index contributed by atoms with van der Waals surface area (Å²) in [6, 6.07) is 5.81. The zero-order valence-electron chi connectivity index (χ0n) is 15.4. The van der Waals surface area contributed by atoms with Crippen molar-refractivity contribution in [2.24, 2.45) is 5.92 Å². The number of carbonyl (C=O) groups is 2. The Kier molecular flexibility index (Phi) is 7.90. The zero-order chi connectivity index (χ0) is 17.9. The van der Waals surface area contributed by atoms with Gasteiger partial charge in [-0.2, -0.15) is 0 Å². The minimum atomic E-state index is -0.728. The first-order chi connectivity index (χ1) is 11.3. The van der Waals surface area contributed by atoms with Crippen LogP contribution in [0.3, 0.4) is 0 Å². The second-order valence-electron chi connectivity index (χ2n) is 7.01. The molecule has 2 N–H and O–H groups in total. The predicted octanol–water partition coefficient (Wildman–Crippen LogP) is 3.66. The lowest BCUT2D eigenvalue weighted by molar-refractivity contribution is -0.143. The highest BCUT2D eigenvalue weighted by atomic mass is 35.5. The summed E-state index contributed by atoms with van der Waals surface area (Å²) in [6.45, 7) is 9.43. The number of hydrogen-bond donors (Lipinski definition) is 2. The largest absolute Gasteiger partial charge is 0.481 e. The van der Waals surface area contributed by atoms with E-state index in [9.17, 15) is 9.59 Å². The average Bonchev–Trinajstić information content (AvgIpc) is 2.55. The number of halogens is 1. The van der Waals surface area contributed by atoms with Gasteiger partial charge in [0.25, 0.3) is 0 Å². The molecule has 140 valence electrons. The lowest BCUT2D eigenvalue weighted by Crippen LogP contribution is -2.47. The van der Waals surface area contributed by atoms with E-state index in [0.717, 1.165) is 16.8 Å². The average molecular weight is 369 g/mol. The monoisotopic (exact) mass is 368 g/mol. The van der Waals surface area contributed by atoms with Crippen LogP contribution >= 0.6 is 12.4 Å². The Morgan fingerprint density at radius 1 is 1.20 bits per heavy atom. The molecule has 0 bridgehead atoms. The van der Waals surface area contributed by atoms with Gasteiger partial charge in [-0.15, -0.1) is 12.4 Å². The molecule has 1 aromatic rings. The third-order valence-corrected chi connectivity index (χ3v) is 4.98. The molecule has 1 heterocycles. The molecule has 1 aliphatic heterocycles. The SMILES string of the molecule is Cc1cccc(C(C)C)c1NC(=O)C(C)N1CCC(C(=O)O)CC1.Cl. The van der Waals surface area contributed by atoms with Crippen molar-refractivity contribution in [2.75, 3.05) is 18.4 Å². The number of amides is 1. The summed E-state index contributed by atoms with van der Waals surface area (Å²) in [5.41, 5.74) is 3.11. The minimum Gasteiger partial charge on any atom is -0.481 e. The number of nitrogens with one attached hydrogen (secondary N) is 1. The third-order valence-electron chi connectivity index (χ3n) is 4.98. The number of carboxylic acid groups (broad SMARTS) is 1. The fraction of sp³-hybridized carbons (Fsp3) is 0.579. The Hall–Kier alpha value is -1.59. The van der Waals surface area contributed by atoms with Crippen molar-refractivity contribution in [2.45, 2.75) is 52.5 Å². The van der Waals surface area contributed by atoms with Crippen molar-refractivity contribution in [3.8, 4) is 0 Å². The van der Waals surface area contributed by atoms with Crippen molar-refractivity contribution in [3.05, 3.63) is 29.3 Å². The van der Waals surface area contributed by atoms with Gasteiger partial charge in [-0.3, -0.25) is 14.5 Å². The summed E-state index contributed by atoms with van der Waals surface area (Å²) >= 11 is 0. The van der Waals surface area contributed by atoms with Crippen LogP contribution in [0.15, 0.2) is 18.2 Å². The Labute approximate surface area is 156 Å². The van der Waals surface area contributed by atoms with Crippen LogP contribution < -0.4 is 5.32 Å². The first-order valence-electron chi connectivity index (χ1n) is 8.68. The Bertz CT molecular complexity index is 611. The van der Waals surface area contributed by atoms with Crippen molar-refractivity contribution < 1.29 is 14.7 Å². The quantitative estimate of drug-likeness (QED) is 0.832. The first-order valence-corrected chi connectivity index (χ1v) is 8.68. The molecule has 5 nitrogen and oxygen atoms in total. The molecule has 1 fully saturated rings. The topological polar surface area (TPSA) is 69.6 Å². The highest BCUT2D eigenvalue weighted by molar-refractivity contribution is 5.96. The Morgan fingerprint density at radius 3 is 2.32 bits per heavy atom. The number of nitrogens with zero attached hydrogens (tertiary/aromatic N) is 1. The maximum Gasteiger partial charge on any atom is 0.306 e. The number of benzene rings is 1. The number of anilines is 1. The highest BCUT2D eigenvalue weighted by Gasteiger charge is 2.29. The van der Waals surface area contributed by atoms with Crippen molar-refractivity contribution in [3.63, 3.8) is 0 Å². The smallest absolute Gasteiger partial charge is 0.306 e. The number of hydrogen-bond acceptors (Lipinski definition) is 3. The number of rotatable bonds is 5. The molecular weight excluding hydrogens is 340 g/mol. The van der Waals surface area contributed by atoms with Crippen molar-refractivity contribution in [1.29, 1.82) is 0 Å². The van der Waals surface area contributed by atoms with Crippen LogP contribution in [0.4, 0.5) is 5.69 Å². The van der Waals surface area contributed by atoms with Crippen LogP contribution in [0.2, 0.25) is 0 Å². The number of aryl methyl sites for hydroxylation is 1. The number of aliphatic carboxylic acids is 1. The minimum absolute atomic E-state index is 0. The molecule has 1 saturated heterocycles. The molecule has 1 aromatic carbocycles. The molecule has 0 aromatic heterocycles. The Balaban J connectivity index is 0.00000312. The van der Waals surface area contributed by atoms with E-state index < -0.39 is 5.97 Å². The van der Waals surface area contributed by atoms with Gasteiger partial charge in [0.15, 0.2) is 0 Å². The van der Waals surface area contributed by atoms with E-state index in [1.807, 2.05) is 26.0 Å². The van der Waals surface area contributed by atoms with Gasteiger partial charge >= 0.3 is 5.97 Å². The normalized spacial score (nSPS) is 17.0. The summed E-state index contributed by atoms with van der Waals surface area (Å²) in [4.78, 5) is 25.8. The van der Waals surface area contributed by atoms with Gasteiger partial charge in [0.05, 0.1) is 12.0 Å².